The maximum atomic E-state index is 12.1. The quantitative estimate of drug-likeness (QED) is 0.832. The van der Waals surface area contributed by atoms with Crippen LogP contribution >= 0.6 is 0 Å². The molecule has 116 valence electrons. The monoisotopic (exact) mass is 282 g/mol. The summed E-state index contributed by atoms with van der Waals surface area (Å²) < 4.78 is 0. The summed E-state index contributed by atoms with van der Waals surface area (Å²) in [5.74, 6) is 2.31. The van der Waals surface area contributed by atoms with Gasteiger partial charge in [0.05, 0.1) is 0 Å². The Hall–Kier alpha value is -0.770. The van der Waals surface area contributed by atoms with Gasteiger partial charge in [0.2, 0.25) is 0 Å². The van der Waals surface area contributed by atoms with E-state index in [9.17, 15) is 9.90 Å². The Balaban J connectivity index is 1.65. The van der Waals surface area contributed by atoms with Crippen molar-refractivity contribution in [1.29, 1.82) is 0 Å². The van der Waals surface area contributed by atoms with Crippen molar-refractivity contribution in [2.75, 3.05) is 26.2 Å². The van der Waals surface area contributed by atoms with Crippen LogP contribution in [0, 0.1) is 23.7 Å². The maximum Gasteiger partial charge on any atom is 0.317 e. The number of nitrogens with one attached hydrogen (secondary N) is 1. The molecule has 0 aromatic heterocycles. The molecule has 1 saturated carbocycles. The van der Waals surface area contributed by atoms with Crippen molar-refractivity contribution in [3.05, 3.63) is 0 Å². The van der Waals surface area contributed by atoms with Crippen LogP contribution in [0.1, 0.15) is 46.0 Å². The molecule has 0 spiro atoms. The normalized spacial score (nSPS) is 34.2. The lowest BCUT2D eigenvalue weighted by Crippen LogP contribution is -2.39. The van der Waals surface area contributed by atoms with Gasteiger partial charge in [-0.05, 0) is 30.6 Å². The topological polar surface area (TPSA) is 52.6 Å². The second kappa shape index (κ2) is 7.30. The second-order valence-electron chi connectivity index (χ2n) is 6.98. The van der Waals surface area contributed by atoms with Crippen molar-refractivity contribution >= 4 is 6.03 Å². The van der Waals surface area contributed by atoms with E-state index in [-0.39, 0.29) is 18.6 Å². The van der Waals surface area contributed by atoms with E-state index in [0.29, 0.717) is 12.5 Å². The smallest absolute Gasteiger partial charge is 0.317 e. The molecule has 0 aromatic carbocycles. The van der Waals surface area contributed by atoms with E-state index in [4.69, 9.17) is 0 Å². The van der Waals surface area contributed by atoms with Crippen molar-refractivity contribution in [3.63, 3.8) is 0 Å². The van der Waals surface area contributed by atoms with E-state index in [1.165, 1.54) is 25.7 Å². The fourth-order valence-electron chi connectivity index (χ4n) is 3.75. The van der Waals surface area contributed by atoms with Gasteiger partial charge in [-0.25, -0.2) is 4.79 Å². The van der Waals surface area contributed by atoms with E-state index < -0.39 is 0 Å². The van der Waals surface area contributed by atoms with E-state index in [0.717, 1.165) is 31.3 Å². The number of aliphatic hydroxyl groups excluding tert-OH is 1. The Bertz CT molecular complexity index is 322. The summed E-state index contributed by atoms with van der Waals surface area (Å²) in [5, 5.41) is 12.3. The zero-order chi connectivity index (χ0) is 14.5. The van der Waals surface area contributed by atoms with Gasteiger partial charge >= 0.3 is 6.03 Å². The van der Waals surface area contributed by atoms with Crippen LogP contribution in [0.15, 0.2) is 0 Å². The Morgan fingerprint density at radius 1 is 1.30 bits per heavy atom. The molecule has 4 atom stereocenters. The number of carbonyl (C=O) groups excluding carboxylic acids is 1. The molecule has 4 heteroatoms. The highest BCUT2D eigenvalue weighted by Crippen LogP contribution is 2.30. The van der Waals surface area contributed by atoms with E-state index >= 15 is 0 Å². The highest BCUT2D eigenvalue weighted by atomic mass is 16.3. The molecular formula is C16H30N2O2. The van der Waals surface area contributed by atoms with Crippen molar-refractivity contribution < 1.29 is 9.90 Å². The Kier molecular flexibility index (Phi) is 5.70. The fraction of sp³-hybridized carbons (Fsp3) is 0.938. The van der Waals surface area contributed by atoms with Gasteiger partial charge < -0.3 is 15.3 Å². The number of aliphatic hydroxyl groups is 1. The third-order valence-corrected chi connectivity index (χ3v) is 5.16. The number of likely N-dealkylation sites (tertiary alicyclic amines) is 1. The number of hydrogen-bond acceptors (Lipinski definition) is 2. The average molecular weight is 282 g/mol. The number of urea groups is 1. The van der Waals surface area contributed by atoms with E-state index in [1.54, 1.807) is 0 Å². The van der Waals surface area contributed by atoms with Gasteiger partial charge in [-0.3, -0.25) is 0 Å². The third-order valence-electron chi connectivity index (χ3n) is 5.16. The Labute approximate surface area is 122 Å². The van der Waals surface area contributed by atoms with Gasteiger partial charge in [0.25, 0.3) is 0 Å². The highest BCUT2D eigenvalue weighted by molar-refractivity contribution is 5.74. The molecule has 2 rings (SSSR count). The molecule has 4 nitrogen and oxygen atoms in total. The summed E-state index contributed by atoms with van der Waals surface area (Å²) in [7, 11) is 0. The third kappa shape index (κ3) is 4.11. The minimum absolute atomic E-state index is 0.0525. The summed E-state index contributed by atoms with van der Waals surface area (Å²) in [4.78, 5) is 13.9. The van der Waals surface area contributed by atoms with Crippen molar-refractivity contribution in [1.82, 2.24) is 10.2 Å². The molecule has 1 saturated heterocycles. The summed E-state index contributed by atoms with van der Waals surface area (Å²) in [6.07, 6.45) is 6.48. The first-order chi connectivity index (χ1) is 9.60. The van der Waals surface area contributed by atoms with Gasteiger partial charge in [-0.1, -0.05) is 33.1 Å². The van der Waals surface area contributed by atoms with Crippen LogP contribution < -0.4 is 5.32 Å². The molecule has 0 aromatic rings. The number of hydrogen-bond donors (Lipinski definition) is 2. The van der Waals surface area contributed by atoms with E-state index in [1.807, 2.05) is 4.90 Å². The first-order valence-corrected chi connectivity index (χ1v) is 8.23. The Morgan fingerprint density at radius 2 is 2.10 bits per heavy atom. The van der Waals surface area contributed by atoms with Crippen molar-refractivity contribution in [2.45, 2.75) is 46.0 Å². The molecule has 0 bridgehead atoms. The predicted molar refractivity (Wildman–Crippen MR) is 80.5 cm³/mol. The van der Waals surface area contributed by atoms with Crippen LogP contribution in [0.5, 0.6) is 0 Å². The molecule has 20 heavy (non-hydrogen) atoms. The summed E-state index contributed by atoms with van der Waals surface area (Å²) >= 11 is 0. The zero-order valence-electron chi connectivity index (χ0n) is 13.0. The molecule has 0 unspecified atom stereocenters. The number of nitrogens with zero attached hydrogens (tertiary/aromatic N) is 1. The minimum Gasteiger partial charge on any atom is -0.396 e. The van der Waals surface area contributed by atoms with Gasteiger partial charge in [0.1, 0.15) is 0 Å². The summed E-state index contributed by atoms with van der Waals surface area (Å²) in [6, 6.07) is 0.0525. The molecule has 2 aliphatic rings. The zero-order valence-corrected chi connectivity index (χ0v) is 13.0. The van der Waals surface area contributed by atoms with Crippen LogP contribution in [-0.4, -0.2) is 42.3 Å². The lowest BCUT2D eigenvalue weighted by molar-refractivity contribution is 0.194. The number of amides is 2. The van der Waals surface area contributed by atoms with Crippen molar-refractivity contribution in [3.8, 4) is 0 Å². The second-order valence-corrected chi connectivity index (χ2v) is 6.98. The predicted octanol–water partition coefficient (Wildman–Crippen LogP) is 2.47. The molecule has 2 N–H and O–H groups in total. The minimum atomic E-state index is 0.0525. The maximum absolute atomic E-state index is 12.1. The highest BCUT2D eigenvalue weighted by Gasteiger charge is 2.31. The molecule has 2 fully saturated rings. The molecule has 1 aliphatic heterocycles. The van der Waals surface area contributed by atoms with Gasteiger partial charge in [-0.15, -0.1) is 0 Å². The van der Waals surface area contributed by atoms with Crippen LogP contribution in [0.3, 0.4) is 0 Å². The van der Waals surface area contributed by atoms with E-state index in [2.05, 4.69) is 19.2 Å². The largest absolute Gasteiger partial charge is 0.396 e. The standard InChI is InChI=1S/C16H30N2O2/c1-12-4-3-5-14(8-12)6-7-17-16(20)18-9-13(2)15(10-18)11-19/h12-15,19H,3-11H2,1-2H3,(H,17,20)/t12-,13+,14+,15-/m0/s1. The van der Waals surface area contributed by atoms with Gasteiger partial charge in [0, 0.05) is 32.2 Å². The Morgan fingerprint density at radius 3 is 2.75 bits per heavy atom. The van der Waals surface area contributed by atoms with Crippen molar-refractivity contribution in [2.24, 2.45) is 23.7 Å². The lowest BCUT2D eigenvalue weighted by Gasteiger charge is -2.27. The van der Waals surface area contributed by atoms with Crippen LogP contribution in [-0.2, 0) is 0 Å². The van der Waals surface area contributed by atoms with Crippen LogP contribution in [0.4, 0.5) is 4.79 Å². The van der Waals surface area contributed by atoms with Gasteiger partial charge in [0.15, 0.2) is 0 Å². The fourth-order valence-corrected chi connectivity index (χ4v) is 3.75. The van der Waals surface area contributed by atoms with Crippen LogP contribution in [0.2, 0.25) is 0 Å². The number of carbonyl (C=O) groups is 1. The summed E-state index contributed by atoms with van der Waals surface area (Å²) in [5.41, 5.74) is 0. The SMILES string of the molecule is C[C@H]1CCC[C@H](CCNC(=O)N2C[C@@H](CO)[C@H](C)C2)C1. The summed E-state index contributed by atoms with van der Waals surface area (Å²) in [6.45, 7) is 6.90. The number of rotatable bonds is 4. The first kappa shape index (κ1) is 15.6. The van der Waals surface area contributed by atoms with Gasteiger partial charge in [-0.2, -0.15) is 0 Å². The molecule has 1 aliphatic carbocycles. The molecule has 0 radical (unpaired) electrons. The first-order valence-electron chi connectivity index (χ1n) is 8.23. The average Bonchev–Trinajstić information content (AvgIpc) is 2.80. The molecule has 1 heterocycles. The van der Waals surface area contributed by atoms with Crippen LogP contribution in [0.25, 0.3) is 0 Å². The lowest BCUT2D eigenvalue weighted by atomic mass is 9.81. The molecular weight excluding hydrogens is 252 g/mol. The molecule has 2 amide bonds.